The van der Waals surface area contributed by atoms with Crippen molar-refractivity contribution >= 4 is 0 Å². The van der Waals surface area contributed by atoms with Crippen molar-refractivity contribution in [2.75, 3.05) is 0 Å². The van der Waals surface area contributed by atoms with Gasteiger partial charge in [-0.3, -0.25) is 0 Å². The molecule has 0 N–H and O–H groups in total. The van der Waals surface area contributed by atoms with Crippen LogP contribution in [-0.2, 0) is 0 Å². The third-order valence-corrected chi connectivity index (χ3v) is 2.47. The third-order valence-electron chi connectivity index (χ3n) is 2.47. The van der Waals surface area contributed by atoms with Crippen molar-refractivity contribution in [2.45, 2.75) is 54.9 Å². The van der Waals surface area contributed by atoms with E-state index in [0.717, 1.165) is 0 Å². The smallest absolute Gasteiger partial charge is 0.00608 e. The zero-order valence-electron chi connectivity index (χ0n) is 13.5. The molecule has 0 nitrogen and oxygen atoms in total. The molecule has 1 aromatic rings. The van der Waals surface area contributed by atoms with Gasteiger partial charge in [-0.15, -0.1) is 0 Å². The maximum Gasteiger partial charge on any atom is 0.00608 e. The fourth-order valence-electron chi connectivity index (χ4n) is 1.61. The number of rotatable bonds is 4. The van der Waals surface area contributed by atoms with Gasteiger partial charge in [0, 0.05) is 5.92 Å². The molecule has 1 aromatic carbocycles. The van der Waals surface area contributed by atoms with Crippen molar-refractivity contribution in [3.8, 4) is 0 Å². The molecule has 0 radical (unpaired) electrons. The van der Waals surface area contributed by atoms with Gasteiger partial charge in [0.05, 0.1) is 0 Å². The van der Waals surface area contributed by atoms with Crippen molar-refractivity contribution < 1.29 is 0 Å². The molecule has 1 rings (SSSR count). The Morgan fingerprint density at radius 1 is 1.05 bits per heavy atom. The maximum atomic E-state index is 3.75. The Bertz CT molecular complexity index is 355. The lowest BCUT2D eigenvalue weighted by Gasteiger charge is -2.12. The Morgan fingerprint density at radius 2 is 1.55 bits per heavy atom. The highest BCUT2D eigenvalue weighted by Gasteiger charge is 2.06. The summed E-state index contributed by atoms with van der Waals surface area (Å²) in [6, 6.07) is 10.5. The maximum absolute atomic E-state index is 3.75. The predicted octanol–water partition coefficient (Wildman–Crippen LogP) is 7.17. The summed E-state index contributed by atoms with van der Waals surface area (Å²) in [5.41, 5.74) is 2.63. The van der Waals surface area contributed by atoms with Gasteiger partial charge in [-0.2, -0.15) is 0 Å². The molecule has 1 atom stereocenters. The molecule has 114 valence electrons. The minimum atomic E-state index is 0. The molecule has 0 saturated heterocycles. The first-order valence-corrected chi connectivity index (χ1v) is 7.29. The predicted molar refractivity (Wildman–Crippen MR) is 97.4 cm³/mol. The van der Waals surface area contributed by atoms with Crippen LogP contribution in [0.4, 0.5) is 0 Å². The standard InChI is InChI=1S/C15H18.2C2H6.CH4/c1-4-9-14(10-5-2)13(3)15-11-7-6-8-12-15;2*1-2;/h4-13H,1H2,2-3H3;2*1-2H3;1H4/b10-5-,14-9+;;;. The van der Waals surface area contributed by atoms with Gasteiger partial charge < -0.3 is 0 Å². The van der Waals surface area contributed by atoms with E-state index in [9.17, 15) is 0 Å². The van der Waals surface area contributed by atoms with Crippen molar-refractivity contribution in [1.82, 2.24) is 0 Å². The van der Waals surface area contributed by atoms with E-state index in [1.165, 1.54) is 11.1 Å². The van der Waals surface area contributed by atoms with Crippen molar-refractivity contribution in [1.29, 1.82) is 0 Å². The summed E-state index contributed by atoms with van der Waals surface area (Å²) in [5, 5.41) is 0. The number of benzene rings is 1. The van der Waals surface area contributed by atoms with Crippen molar-refractivity contribution in [2.24, 2.45) is 0 Å². The molecule has 0 aliphatic carbocycles. The quantitative estimate of drug-likeness (QED) is 0.511. The fourth-order valence-corrected chi connectivity index (χ4v) is 1.61. The highest BCUT2D eigenvalue weighted by atomic mass is 14.1. The van der Waals surface area contributed by atoms with Crippen molar-refractivity contribution in [3.63, 3.8) is 0 Å². The topological polar surface area (TPSA) is 0 Å². The average molecular weight is 274 g/mol. The van der Waals surface area contributed by atoms with E-state index < -0.39 is 0 Å². The minimum Gasteiger partial charge on any atom is -0.0991 e. The van der Waals surface area contributed by atoms with Crippen LogP contribution < -0.4 is 0 Å². The van der Waals surface area contributed by atoms with Crippen LogP contribution in [0.15, 0.2) is 66.8 Å². The van der Waals surface area contributed by atoms with Crippen LogP contribution >= 0.6 is 0 Å². The van der Waals surface area contributed by atoms with E-state index in [4.69, 9.17) is 0 Å². The summed E-state index contributed by atoms with van der Waals surface area (Å²) >= 11 is 0. The van der Waals surface area contributed by atoms with Gasteiger partial charge >= 0.3 is 0 Å². The second kappa shape index (κ2) is 17.4. The molecule has 0 saturated carbocycles. The molecule has 0 aromatic heterocycles. The summed E-state index contributed by atoms with van der Waals surface area (Å²) in [6.07, 6.45) is 8.11. The van der Waals surface area contributed by atoms with Crippen LogP contribution in [0.3, 0.4) is 0 Å². The lowest BCUT2D eigenvalue weighted by molar-refractivity contribution is 0.921. The molecule has 0 aliphatic heterocycles. The van der Waals surface area contributed by atoms with Gasteiger partial charge in [-0.05, 0) is 18.1 Å². The summed E-state index contributed by atoms with van der Waals surface area (Å²) in [5.74, 6) is 0.417. The lowest BCUT2D eigenvalue weighted by atomic mass is 9.92. The van der Waals surface area contributed by atoms with E-state index in [2.05, 4.69) is 56.0 Å². The van der Waals surface area contributed by atoms with Gasteiger partial charge in [-0.1, -0.05) is 103 Å². The first kappa shape index (κ1) is 23.5. The van der Waals surface area contributed by atoms with Crippen LogP contribution in [-0.4, -0.2) is 0 Å². The van der Waals surface area contributed by atoms with Crippen LogP contribution in [0.1, 0.15) is 60.5 Å². The fraction of sp³-hybridized carbons (Fsp3) is 0.400. The molecular weight excluding hydrogens is 240 g/mol. The second-order valence-electron chi connectivity index (χ2n) is 3.53. The van der Waals surface area contributed by atoms with E-state index in [1.54, 1.807) is 0 Å². The lowest BCUT2D eigenvalue weighted by Crippen LogP contribution is -1.95. The molecule has 0 fully saturated rings. The Labute approximate surface area is 127 Å². The minimum absolute atomic E-state index is 0. The van der Waals surface area contributed by atoms with Crippen molar-refractivity contribution in [3.05, 3.63) is 72.4 Å². The summed E-state index contributed by atoms with van der Waals surface area (Å²) in [4.78, 5) is 0. The average Bonchev–Trinajstić information content (AvgIpc) is 2.51. The monoisotopic (exact) mass is 274 g/mol. The Morgan fingerprint density at radius 3 is 1.95 bits per heavy atom. The van der Waals surface area contributed by atoms with E-state index in [-0.39, 0.29) is 7.43 Å². The van der Waals surface area contributed by atoms with Gasteiger partial charge in [0.15, 0.2) is 0 Å². The molecule has 0 bridgehead atoms. The van der Waals surface area contributed by atoms with Gasteiger partial charge in [-0.25, -0.2) is 0 Å². The third kappa shape index (κ3) is 9.38. The highest BCUT2D eigenvalue weighted by molar-refractivity contribution is 5.35. The first-order chi connectivity index (χ1) is 9.29. The largest absolute Gasteiger partial charge is 0.0991 e. The molecule has 20 heavy (non-hydrogen) atoms. The van der Waals surface area contributed by atoms with Crippen LogP contribution in [0.25, 0.3) is 0 Å². The van der Waals surface area contributed by atoms with Crippen LogP contribution in [0, 0.1) is 0 Å². The summed E-state index contributed by atoms with van der Waals surface area (Å²) < 4.78 is 0. The molecule has 0 amide bonds. The van der Waals surface area contributed by atoms with Gasteiger partial charge in [0.25, 0.3) is 0 Å². The zero-order valence-corrected chi connectivity index (χ0v) is 13.5. The van der Waals surface area contributed by atoms with E-state index in [0.29, 0.717) is 5.92 Å². The highest BCUT2D eigenvalue weighted by Crippen LogP contribution is 2.24. The second-order valence-corrected chi connectivity index (χ2v) is 3.53. The number of hydrogen-bond acceptors (Lipinski definition) is 0. The normalized spacial score (nSPS) is 11.2. The molecule has 1 unspecified atom stereocenters. The summed E-state index contributed by atoms with van der Waals surface area (Å²) in [6.45, 7) is 16.0. The SMILES string of the molecule is C.C=C/C=C(\C=C/C)C(C)c1ccccc1.CC.CC. The molecular formula is C20H34. The van der Waals surface area contributed by atoms with Gasteiger partial charge in [0.2, 0.25) is 0 Å². The zero-order chi connectivity index (χ0) is 15.1. The Kier molecular flexibility index (Phi) is 20.5. The Balaban J connectivity index is -0.000000529. The molecule has 0 aliphatic rings. The first-order valence-electron chi connectivity index (χ1n) is 7.29. The van der Waals surface area contributed by atoms with E-state index in [1.807, 2.05) is 46.8 Å². The van der Waals surface area contributed by atoms with E-state index >= 15 is 0 Å². The Hall–Kier alpha value is -1.56. The van der Waals surface area contributed by atoms with Crippen LogP contribution in [0.2, 0.25) is 0 Å². The molecule has 0 heterocycles. The van der Waals surface area contributed by atoms with Crippen LogP contribution in [0.5, 0.6) is 0 Å². The van der Waals surface area contributed by atoms with Gasteiger partial charge in [0.1, 0.15) is 0 Å². The summed E-state index contributed by atoms with van der Waals surface area (Å²) in [7, 11) is 0. The molecule has 0 spiro atoms. The number of hydrogen-bond donors (Lipinski definition) is 0. The number of allylic oxidation sites excluding steroid dienone is 5. The molecule has 0 heteroatoms.